The number of hydrogen-bond acceptors (Lipinski definition) is 3. The Morgan fingerprint density at radius 2 is 2.18 bits per heavy atom. The van der Waals surface area contributed by atoms with Crippen LogP contribution in [0.5, 0.6) is 0 Å². The summed E-state index contributed by atoms with van der Waals surface area (Å²) in [6.07, 6.45) is 4.62. The molecule has 2 rings (SSSR count). The summed E-state index contributed by atoms with van der Waals surface area (Å²) in [5.41, 5.74) is 12.1. The van der Waals surface area contributed by atoms with Gasteiger partial charge in [0.05, 0.1) is 11.3 Å². The number of carbonyl (C=O) groups excluding carboxylic acids is 1. The van der Waals surface area contributed by atoms with Crippen molar-refractivity contribution in [1.29, 1.82) is 0 Å². The molecule has 0 aromatic carbocycles. The van der Waals surface area contributed by atoms with E-state index in [1.54, 1.807) is 24.5 Å². The van der Waals surface area contributed by atoms with Gasteiger partial charge in [0.2, 0.25) is 0 Å². The van der Waals surface area contributed by atoms with E-state index in [4.69, 9.17) is 11.5 Å². The summed E-state index contributed by atoms with van der Waals surface area (Å²) in [7, 11) is 0. The molecule has 2 aromatic heterocycles. The molecule has 0 aliphatic carbocycles. The first-order valence-corrected chi connectivity index (χ1v) is 4.75. The number of aliphatic imine (C=N–C) groups is 1. The third kappa shape index (κ3) is 2.46. The predicted octanol–water partition coefficient (Wildman–Crippen LogP) is -0.115. The SMILES string of the molecule is NC(N)=NC(=O)c1cncc(-c2ccn[nH]2)c1. The summed E-state index contributed by atoms with van der Waals surface area (Å²) in [5.74, 6) is -0.805. The largest absolute Gasteiger partial charge is 0.370 e. The molecule has 7 nitrogen and oxygen atoms in total. The van der Waals surface area contributed by atoms with E-state index in [1.165, 1.54) is 6.20 Å². The van der Waals surface area contributed by atoms with Crippen molar-refractivity contribution in [2.24, 2.45) is 16.5 Å². The minimum absolute atomic E-state index is 0.276. The minimum Gasteiger partial charge on any atom is -0.370 e. The molecule has 0 saturated carbocycles. The Morgan fingerprint density at radius 1 is 1.35 bits per heavy atom. The number of carbonyl (C=O) groups is 1. The molecule has 0 spiro atoms. The molecule has 0 radical (unpaired) electrons. The summed E-state index contributed by atoms with van der Waals surface area (Å²) in [4.78, 5) is 19.0. The van der Waals surface area contributed by atoms with Crippen molar-refractivity contribution in [3.05, 3.63) is 36.3 Å². The van der Waals surface area contributed by atoms with Gasteiger partial charge in [0, 0.05) is 24.2 Å². The van der Waals surface area contributed by atoms with Crippen molar-refractivity contribution in [1.82, 2.24) is 15.2 Å². The molecule has 7 heteroatoms. The van der Waals surface area contributed by atoms with Crippen molar-refractivity contribution in [2.75, 3.05) is 0 Å². The highest BCUT2D eigenvalue weighted by Crippen LogP contribution is 2.16. The topological polar surface area (TPSA) is 123 Å². The fourth-order valence-corrected chi connectivity index (χ4v) is 1.30. The molecule has 1 amide bonds. The second-order valence-corrected chi connectivity index (χ2v) is 3.27. The van der Waals surface area contributed by atoms with Gasteiger partial charge < -0.3 is 11.5 Å². The Labute approximate surface area is 96.6 Å². The number of guanidine groups is 1. The summed E-state index contributed by atoms with van der Waals surface area (Å²) in [6, 6.07) is 3.40. The van der Waals surface area contributed by atoms with Gasteiger partial charge in [-0.25, -0.2) is 0 Å². The molecule has 0 unspecified atom stereocenters. The zero-order valence-corrected chi connectivity index (χ0v) is 8.79. The summed E-state index contributed by atoms with van der Waals surface area (Å²) < 4.78 is 0. The first kappa shape index (κ1) is 10.8. The average molecular weight is 230 g/mol. The summed E-state index contributed by atoms with van der Waals surface area (Å²) >= 11 is 0. The van der Waals surface area contributed by atoms with Gasteiger partial charge in [-0.1, -0.05) is 0 Å². The maximum absolute atomic E-state index is 11.6. The average Bonchev–Trinajstić information content (AvgIpc) is 2.82. The van der Waals surface area contributed by atoms with Gasteiger partial charge in [0.25, 0.3) is 5.91 Å². The maximum atomic E-state index is 11.6. The van der Waals surface area contributed by atoms with E-state index >= 15 is 0 Å². The van der Waals surface area contributed by atoms with Crippen molar-refractivity contribution in [3.8, 4) is 11.3 Å². The molecule has 86 valence electrons. The van der Waals surface area contributed by atoms with E-state index in [2.05, 4.69) is 20.2 Å². The van der Waals surface area contributed by atoms with Gasteiger partial charge in [0.15, 0.2) is 5.96 Å². The molecular weight excluding hydrogens is 220 g/mol. The van der Waals surface area contributed by atoms with E-state index in [0.717, 1.165) is 11.3 Å². The number of hydrogen-bond donors (Lipinski definition) is 3. The second-order valence-electron chi connectivity index (χ2n) is 3.27. The van der Waals surface area contributed by atoms with Crippen LogP contribution in [0.25, 0.3) is 11.3 Å². The number of nitrogens with one attached hydrogen (secondary N) is 1. The fraction of sp³-hybridized carbons (Fsp3) is 0. The Balaban J connectivity index is 2.36. The Morgan fingerprint density at radius 3 is 2.82 bits per heavy atom. The number of nitrogens with zero attached hydrogens (tertiary/aromatic N) is 3. The quantitative estimate of drug-likeness (QED) is 0.490. The third-order valence-electron chi connectivity index (χ3n) is 2.03. The Bertz CT molecular complexity index is 556. The van der Waals surface area contributed by atoms with Gasteiger partial charge in [-0.3, -0.25) is 14.9 Å². The highest BCUT2D eigenvalue weighted by Gasteiger charge is 2.07. The van der Waals surface area contributed by atoms with Gasteiger partial charge in [-0.2, -0.15) is 10.1 Å². The number of nitrogens with two attached hydrogens (primary N) is 2. The van der Waals surface area contributed by atoms with Crippen molar-refractivity contribution < 1.29 is 4.79 Å². The highest BCUT2D eigenvalue weighted by atomic mass is 16.1. The van der Waals surface area contributed by atoms with E-state index in [1.807, 2.05) is 0 Å². The van der Waals surface area contributed by atoms with Crippen LogP contribution < -0.4 is 11.5 Å². The van der Waals surface area contributed by atoms with Crippen LogP contribution in [0, 0.1) is 0 Å². The number of aromatic nitrogens is 3. The number of rotatable bonds is 2. The van der Waals surface area contributed by atoms with Gasteiger partial charge >= 0.3 is 0 Å². The van der Waals surface area contributed by atoms with Gasteiger partial charge in [0.1, 0.15) is 0 Å². The van der Waals surface area contributed by atoms with Crippen LogP contribution in [0.15, 0.2) is 35.7 Å². The first-order chi connectivity index (χ1) is 8.16. The molecule has 0 atom stereocenters. The molecule has 0 bridgehead atoms. The first-order valence-electron chi connectivity index (χ1n) is 4.75. The normalized spacial score (nSPS) is 9.88. The van der Waals surface area contributed by atoms with Crippen LogP contribution in [0.4, 0.5) is 0 Å². The zero-order valence-electron chi connectivity index (χ0n) is 8.79. The number of pyridine rings is 1. The lowest BCUT2D eigenvalue weighted by Crippen LogP contribution is -2.24. The molecule has 5 N–H and O–H groups in total. The lowest BCUT2D eigenvalue weighted by atomic mass is 10.1. The molecular formula is C10H10N6O. The van der Waals surface area contributed by atoms with Crippen molar-refractivity contribution in [2.45, 2.75) is 0 Å². The van der Waals surface area contributed by atoms with Crippen LogP contribution >= 0.6 is 0 Å². The van der Waals surface area contributed by atoms with Crippen molar-refractivity contribution in [3.63, 3.8) is 0 Å². The van der Waals surface area contributed by atoms with E-state index in [9.17, 15) is 4.79 Å². The molecule has 0 aliphatic rings. The van der Waals surface area contributed by atoms with E-state index in [-0.39, 0.29) is 5.96 Å². The molecule has 0 aliphatic heterocycles. The molecule has 0 saturated heterocycles. The molecule has 0 fully saturated rings. The van der Waals surface area contributed by atoms with Gasteiger partial charge in [-0.15, -0.1) is 0 Å². The predicted molar refractivity (Wildman–Crippen MR) is 62.0 cm³/mol. The molecule has 2 heterocycles. The fourth-order valence-electron chi connectivity index (χ4n) is 1.30. The van der Waals surface area contributed by atoms with Crippen LogP contribution in [0.2, 0.25) is 0 Å². The van der Waals surface area contributed by atoms with Crippen LogP contribution in [-0.2, 0) is 0 Å². The Hall–Kier alpha value is -2.70. The Kier molecular flexibility index (Phi) is 2.82. The maximum Gasteiger partial charge on any atom is 0.281 e. The lowest BCUT2D eigenvalue weighted by molar-refractivity contribution is 0.100. The molecule has 17 heavy (non-hydrogen) atoms. The lowest BCUT2D eigenvalue weighted by Gasteiger charge is -1.99. The second kappa shape index (κ2) is 4.44. The van der Waals surface area contributed by atoms with Crippen LogP contribution in [0.3, 0.4) is 0 Å². The number of amides is 1. The van der Waals surface area contributed by atoms with Crippen LogP contribution in [-0.4, -0.2) is 27.0 Å². The standard InChI is InChI=1S/C10H10N6O/c11-10(12)15-9(17)7-3-6(4-13-5-7)8-1-2-14-16-8/h1-5H,(H,14,16)(H4,11,12,15,17). The molecule has 2 aromatic rings. The third-order valence-corrected chi connectivity index (χ3v) is 2.03. The van der Waals surface area contributed by atoms with E-state index in [0.29, 0.717) is 5.56 Å². The smallest absolute Gasteiger partial charge is 0.281 e. The monoisotopic (exact) mass is 230 g/mol. The number of aromatic amines is 1. The zero-order chi connectivity index (χ0) is 12.3. The summed E-state index contributed by atoms with van der Waals surface area (Å²) in [6.45, 7) is 0. The minimum atomic E-state index is -0.529. The number of H-pyrrole nitrogens is 1. The van der Waals surface area contributed by atoms with Crippen molar-refractivity contribution >= 4 is 11.9 Å². The van der Waals surface area contributed by atoms with E-state index < -0.39 is 5.91 Å². The van der Waals surface area contributed by atoms with Crippen LogP contribution in [0.1, 0.15) is 10.4 Å². The highest BCUT2D eigenvalue weighted by molar-refractivity contribution is 6.02. The van der Waals surface area contributed by atoms with Gasteiger partial charge in [-0.05, 0) is 12.1 Å². The summed E-state index contributed by atoms with van der Waals surface area (Å²) in [5, 5.41) is 6.59.